The van der Waals surface area contributed by atoms with Crippen molar-refractivity contribution in [1.82, 2.24) is 0 Å². The van der Waals surface area contributed by atoms with E-state index in [1.165, 1.54) is 12.1 Å². The molecule has 1 aromatic rings. The second kappa shape index (κ2) is 4.69. The average molecular weight is 248 g/mol. The zero-order valence-corrected chi connectivity index (χ0v) is 8.59. The van der Waals surface area contributed by atoms with E-state index in [1.54, 1.807) is 6.07 Å². The Labute approximate surface area is 84.7 Å². The lowest BCUT2D eigenvalue weighted by atomic mass is 10.1. The van der Waals surface area contributed by atoms with Gasteiger partial charge in [-0.3, -0.25) is 0 Å². The molecule has 3 N–H and O–H groups in total. The number of halogens is 2. The fourth-order valence-corrected chi connectivity index (χ4v) is 1.58. The molecule has 0 aliphatic rings. The van der Waals surface area contributed by atoms with Crippen LogP contribution < -0.4 is 5.73 Å². The van der Waals surface area contributed by atoms with E-state index in [1.807, 2.05) is 0 Å². The second-order valence-corrected chi connectivity index (χ2v) is 3.71. The van der Waals surface area contributed by atoms with Gasteiger partial charge >= 0.3 is 0 Å². The van der Waals surface area contributed by atoms with Crippen LogP contribution >= 0.6 is 15.9 Å². The van der Waals surface area contributed by atoms with Gasteiger partial charge in [0.15, 0.2) is 0 Å². The van der Waals surface area contributed by atoms with Gasteiger partial charge in [0.2, 0.25) is 0 Å². The molecule has 0 bridgehead atoms. The zero-order valence-electron chi connectivity index (χ0n) is 7.00. The number of hydrogen-bond acceptors (Lipinski definition) is 2. The maximum absolute atomic E-state index is 12.9. The molecule has 0 aliphatic heterocycles. The minimum absolute atomic E-state index is 0.361. The molecule has 1 aromatic carbocycles. The summed E-state index contributed by atoms with van der Waals surface area (Å²) >= 11 is 3.15. The van der Waals surface area contributed by atoms with Crippen molar-refractivity contribution in [1.29, 1.82) is 0 Å². The van der Waals surface area contributed by atoms with Gasteiger partial charge in [0.25, 0.3) is 0 Å². The molecule has 0 saturated carbocycles. The molecule has 4 heteroatoms. The molecule has 0 fully saturated rings. The van der Waals surface area contributed by atoms with Gasteiger partial charge < -0.3 is 10.8 Å². The van der Waals surface area contributed by atoms with Crippen LogP contribution in [0.4, 0.5) is 4.39 Å². The number of hydrogen-bond donors (Lipinski definition) is 2. The number of benzene rings is 1. The van der Waals surface area contributed by atoms with Crippen molar-refractivity contribution in [3.8, 4) is 0 Å². The van der Waals surface area contributed by atoms with Crippen LogP contribution in [0.1, 0.15) is 18.1 Å². The number of aliphatic hydroxyl groups excluding tert-OH is 1. The van der Waals surface area contributed by atoms with Crippen LogP contribution in [-0.2, 0) is 0 Å². The predicted octanol–water partition coefficient (Wildman–Crippen LogP) is 1.97. The SMILES string of the molecule is NCC[C@H](O)c1cc(F)cc(Br)c1. The maximum atomic E-state index is 12.9. The van der Waals surface area contributed by atoms with Crippen molar-refractivity contribution in [2.24, 2.45) is 5.73 Å². The molecular formula is C9H11BrFNO. The van der Waals surface area contributed by atoms with Crippen molar-refractivity contribution in [3.05, 3.63) is 34.1 Å². The van der Waals surface area contributed by atoms with Crippen LogP contribution in [0.3, 0.4) is 0 Å². The van der Waals surface area contributed by atoms with Crippen LogP contribution in [-0.4, -0.2) is 11.7 Å². The molecular weight excluding hydrogens is 237 g/mol. The highest BCUT2D eigenvalue weighted by molar-refractivity contribution is 9.10. The summed E-state index contributed by atoms with van der Waals surface area (Å²) in [6.45, 7) is 0.384. The highest BCUT2D eigenvalue weighted by Crippen LogP contribution is 2.21. The maximum Gasteiger partial charge on any atom is 0.124 e. The topological polar surface area (TPSA) is 46.2 Å². The van der Waals surface area contributed by atoms with E-state index in [0.717, 1.165) is 0 Å². The first-order valence-corrected chi connectivity index (χ1v) is 4.77. The van der Waals surface area contributed by atoms with Gasteiger partial charge in [0.05, 0.1) is 6.10 Å². The molecule has 0 spiro atoms. The summed E-state index contributed by atoms with van der Waals surface area (Å²) in [6.07, 6.45) is -0.243. The molecule has 0 unspecified atom stereocenters. The molecule has 0 radical (unpaired) electrons. The van der Waals surface area contributed by atoms with E-state index in [0.29, 0.717) is 23.0 Å². The normalized spacial score (nSPS) is 12.9. The molecule has 0 aliphatic carbocycles. The van der Waals surface area contributed by atoms with E-state index in [-0.39, 0.29) is 5.82 Å². The fourth-order valence-electron chi connectivity index (χ4n) is 1.09. The molecule has 1 atom stereocenters. The Kier molecular flexibility index (Phi) is 3.84. The van der Waals surface area contributed by atoms with E-state index in [2.05, 4.69) is 15.9 Å². The van der Waals surface area contributed by atoms with Crippen molar-refractivity contribution < 1.29 is 9.50 Å². The minimum atomic E-state index is -0.683. The molecule has 13 heavy (non-hydrogen) atoms. The summed E-state index contributed by atoms with van der Waals surface area (Å²) in [7, 11) is 0. The highest BCUT2D eigenvalue weighted by Gasteiger charge is 2.08. The molecule has 0 saturated heterocycles. The van der Waals surface area contributed by atoms with Crippen molar-refractivity contribution in [3.63, 3.8) is 0 Å². The summed E-state index contributed by atoms with van der Waals surface area (Å²) in [4.78, 5) is 0. The first kappa shape index (κ1) is 10.6. The summed E-state index contributed by atoms with van der Waals surface area (Å²) in [5, 5.41) is 9.50. The monoisotopic (exact) mass is 247 g/mol. The Bertz CT molecular complexity index is 273. The standard InChI is InChI=1S/C9H11BrFNO/c10-7-3-6(4-8(11)5-7)9(13)1-2-12/h3-5,9,13H,1-2,12H2/t9-/m0/s1. The minimum Gasteiger partial charge on any atom is -0.388 e. The van der Waals surface area contributed by atoms with Crippen LogP contribution in [0.2, 0.25) is 0 Å². The first-order valence-electron chi connectivity index (χ1n) is 3.97. The van der Waals surface area contributed by atoms with Gasteiger partial charge in [0.1, 0.15) is 5.82 Å². The average Bonchev–Trinajstić information content (AvgIpc) is 2.03. The third-order valence-electron chi connectivity index (χ3n) is 1.71. The predicted molar refractivity (Wildman–Crippen MR) is 52.7 cm³/mol. The Morgan fingerprint density at radius 3 is 2.69 bits per heavy atom. The van der Waals surface area contributed by atoms with Crippen LogP contribution in [0.5, 0.6) is 0 Å². The van der Waals surface area contributed by atoms with Crippen molar-refractivity contribution >= 4 is 15.9 Å². The van der Waals surface area contributed by atoms with Gasteiger partial charge in [0, 0.05) is 4.47 Å². The van der Waals surface area contributed by atoms with Gasteiger partial charge in [-0.15, -0.1) is 0 Å². The lowest BCUT2D eigenvalue weighted by molar-refractivity contribution is 0.170. The van der Waals surface area contributed by atoms with Crippen LogP contribution in [0.25, 0.3) is 0 Å². The zero-order chi connectivity index (χ0) is 9.84. The molecule has 2 nitrogen and oxygen atoms in total. The van der Waals surface area contributed by atoms with Gasteiger partial charge in [-0.05, 0) is 36.7 Å². The Balaban J connectivity index is 2.87. The Hall–Kier alpha value is -0.450. The highest BCUT2D eigenvalue weighted by atomic mass is 79.9. The largest absolute Gasteiger partial charge is 0.388 e. The summed E-state index contributed by atoms with van der Waals surface area (Å²) < 4.78 is 13.5. The van der Waals surface area contributed by atoms with Crippen LogP contribution in [0.15, 0.2) is 22.7 Å². The molecule has 72 valence electrons. The van der Waals surface area contributed by atoms with E-state index >= 15 is 0 Å². The van der Waals surface area contributed by atoms with Gasteiger partial charge in [-0.1, -0.05) is 15.9 Å². The lowest BCUT2D eigenvalue weighted by Crippen LogP contribution is -2.06. The summed E-state index contributed by atoms with van der Waals surface area (Å²) in [6, 6.07) is 4.34. The Morgan fingerprint density at radius 2 is 2.15 bits per heavy atom. The lowest BCUT2D eigenvalue weighted by Gasteiger charge is -2.09. The third kappa shape index (κ3) is 3.06. The van der Waals surface area contributed by atoms with E-state index < -0.39 is 6.10 Å². The van der Waals surface area contributed by atoms with E-state index in [9.17, 15) is 9.50 Å². The Morgan fingerprint density at radius 1 is 1.46 bits per heavy atom. The van der Waals surface area contributed by atoms with Gasteiger partial charge in [-0.25, -0.2) is 4.39 Å². The van der Waals surface area contributed by atoms with Crippen LogP contribution in [0, 0.1) is 5.82 Å². The fraction of sp³-hybridized carbons (Fsp3) is 0.333. The second-order valence-electron chi connectivity index (χ2n) is 2.80. The van der Waals surface area contributed by atoms with Crippen molar-refractivity contribution in [2.45, 2.75) is 12.5 Å². The molecule has 0 heterocycles. The third-order valence-corrected chi connectivity index (χ3v) is 2.17. The van der Waals surface area contributed by atoms with Crippen molar-refractivity contribution in [2.75, 3.05) is 6.54 Å². The number of aliphatic hydroxyl groups is 1. The molecule has 1 rings (SSSR count). The molecule has 0 amide bonds. The molecule has 0 aromatic heterocycles. The quantitative estimate of drug-likeness (QED) is 0.858. The summed E-state index contributed by atoms with van der Waals surface area (Å²) in [5.41, 5.74) is 5.83. The number of nitrogens with two attached hydrogens (primary N) is 1. The smallest absolute Gasteiger partial charge is 0.124 e. The van der Waals surface area contributed by atoms with E-state index in [4.69, 9.17) is 5.73 Å². The van der Waals surface area contributed by atoms with Gasteiger partial charge in [-0.2, -0.15) is 0 Å². The summed E-state index contributed by atoms with van der Waals surface area (Å²) in [5.74, 6) is -0.361. The number of rotatable bonds is 3. The first-order chi connectivity index (χ1) is 6.13.